The number of hydrogen-bond donors (Lipinski definition) is 2. The molecule has 146 valence electrons. The molecule has 3 rings (SSSR count). The molecule has 0 aliphatic carbocycles. The van der Waals surface area contributed by atoms with Crippen molar-refractivity contribution in [1.82, 2.24) is 10.2 Å². The second-order valence-electron chi connectivity index (χ2n) is 7.90. The molecular weight excluding hydrogens is 356 g/mol. The maximum Gasteiger partial charge on any atom is 0.311 e. The van der Waals surface area contributed by atoms with Crippen LogP contribution < -0.4 is 5.32 Å². The van der Waals surface area contributed by atoms with Crippen LogP contribution in [0.5, 0.6) is 0 Å². The van der Waals surface area contributed by atoms with E-state index in [0.29, 0.717) is 6.42 Å². The molecule has 26 heavy (non-hydrogen) atoms. The van der Waals surface area contributed by atoms with E-state index in [0.717, 1.165) is 6.42 Å². The zero-order valence-electron chi connectivity index (χ0n) is 15.8. The number of rotatable bonds is 6. The van der Waals surface area contributed by atoms with Crippen LogP contribution >= 0.6 is 11.8 Å². The molecule has 0 aromatic carbocycles. The molecule has 3 aliphatic heterocycles. The van der Waals surface area contributed by atoms with E-state index in [2.05, 4.69) is 5.32 Å². The number of aliphatic hydroxyl groups is 1. The number of nitrogens with zero attached hydrogens (tertiary/aromatic N) is 1. The van der Waals surface area contributed by atoms with Gasteiger partial charge in [0, 0.05) is 17.3 Å². The van der Waals surface area contributed by atoms with Crippen LogP contribution in [0.1, 0.15) is 40.5 Å². The first-order valence-corrected chi connectivity index (χ1v) is 10.1. The van der Waals surface area contributed by atoms with Crippen LogP contribution in [0.15, 0.2) is 0 Å². The molecule has 8 heteroatoms. The summed E-state index contributed by atoms with van der Waals surface area (Å²) in [5, 5.41) is 12.4. The second kappa shape index (κ2) is 6.71. The molecule has 2 bridgehead atoms. The Bertz CT molecular complexity index is 627. The van der Waals surface area contributed by atoms with Gasteiger partial charge in [0.1, 0.15) is 6.04 Å². The normalized spacial score (nSPS) is 38.0. The van der Waals surface area contributed by atoms with Gasteiger partial charge in [0.15, 0.2) is 0 Å². The smallest absolute Gasteiger partial charge is 0.311 e. The molecule has 3 aliphatic rings. The Labute approximate surface area is 158 Å². The molecule has 2 amide bonds. The standard InChI is InChI=1S/C18H28N2O5S/c1-5-25-16(24)12-11-15(23)20(8-9-21)13(14(22)19-10(2)3)18(11)7-6-17(12,4)26-18/h10-13,21H,5-9H2,1-4H3,(H,19,22)/t11-,12-,13?,17+,18?/m0/s1. The quantitative estimate of drug-likeness (QED) is 0.649. The highest BCUT2D eigenvalue weighted by Gasteiger charge is 2.77. The van der Waals surface area contributed by atoms with Crippen molar-refractivity contribution in [2.24, 2.45) is 11.8 Å². The minimum atomic E-state index is -0.666. The SMILES string of the molecule is CCOC(=O)[C@@H]1[C@H]2C(=O)N(CCO)C(C(=O)NC(C)C)C23CC[C@@]1(C)S3. The number of β-amino-alcohol motifs (C(OH)–C–C–N with tert-alkyl or cyclic N) is 1. The van der Waals surface area contributed by atoms with E-state index in [1.165, 1.54) is 4.90 Å². The highest BCUT2D eigenvalue weighted by Crippen LogP contribution is 2.71. The highest BCUT2D eigenvalue weighted by molar-refractivity contribution is 8.02. The fourth-order valence-corrected chi connectivity index (χ4v) is 7.37. The van der Waals surface area contributed by atoms with Gasteiger partial charge < -0.3 is 20.1 Å². The van der Waals surface area contributed by atoms with Crippen molar-refractivity contribution < 1.29 is 24.2 Å². The van der Waals surface area contributed by atoms with Gasteiger partial charge in [-0.1, -0.05) is 0 Å². The lowest BCUT2D eigenvalue weighted by Gasteiger charge is -2.34. The Morgan fingerprint density at radius 3 is 2.69 bits per heavy atom. The van der Waals surface area contributed by atoms with Gasteiger partial charge in [-0.3, -0.25) is 14.4 Å². The van der Waals surface area contributed by atoms with Gasteiger partial charge in [-0.15, -0.1) is 11.8 Å². The predicted octanol–water partition coefficient (Wildman–Crippen LogP) is 0.548. The van der Waals surface area contributed by atoms with Crippen LogP contribution in [0.3, 0.4) is 0 Å². The largest absolute Gasteiger partial charge is 0.466 e. The average molecular weight is 384 g/mol. The number of thioether (sulfide) groups is 1. The molecule has 1 spiro atoms. The maximum absolute atomic E-state index is 13.2. The number of fused-ring (bicyclic) bond motifs is 1. The number of ether oxygens (including phenoxy) is 1. The van der Waals surface area contributed by atoms with Gasteiger partial charge >= 0.3 is 5.97 Å². The van der Waals surface area contributed by atoms with Gasteiger partial charge in [-0.25, -0.2) is 0 Å². The molecule has 7 nitrogen and oxygen atoms in total. The van der Waals surface area contributed by atoms with Crippen molar-refractivity contribution in [3.8, 4) is 0 Å². The fourth-order valence-electron chi connectivity index (χ4n) is 5.03. The number of likely N-dealkylation sites (tertiary alicyclic amines) is 1. The Morgan fingerprint density at radius 1 is 1.42 bits per heavy atom. The first-order valence-electron chi connectivity index (χ1n) is 9.30. The number of carbonyl (C=O) groups is 3. The van der Waals surface area contributed by atoms with E-state index < -0.39 is 27.4 Å². The number of aliphatic hydroxyl groups excluding tert-OH is 1. The van der Waals surface area contributed by atoms with E-state index in [1.54, 1.807) is 18.7 Å². The van der Waals surface area contributed by atoms with Crippen molar-refractivity contribution in [3.05, 3.63) is 0 Å². The molecule has 2 unspecified atom stereocenters. The van der Waals surface area contributed by atoms with Gasteiger partial charge in [0.25, 0.3) is 0 Å². The Kier molecular flexibility index (Phi) is 5.03. The molecule has 0 aromatic heterocycles. The van der Waals surface area contributed by atoms with E-state index in [9.17, 15) is 19.5 Å². The van der Waals surface area contributed by atoms with Crippen LogP contribution in [0.2, 0.25) is 0 Å². The first-order chi connectivity index (χ1) is 12.2. The van der Waals surface area contributed by atoms with Gasteiger partial charge in [-0.2, -0.15) is 0 Å². The molecule has 0 saturated carbocycles. The zero-order valence-corrected chi connectivity index (χ0v) is 16.6. The lowest BCUT2D eigenvalue weighted by Crippen LogP contribution is -2.55. The third kappa shape index (κ3) is 2.64. The van der Waals surface area contributed by atoms with Gasteiger partial charge in [0.2, 0.25) is 11.8 Å². The molecule has 0 aromatic rings. The molecular formula is C18H28N2O5S. The van der Waals surface area contributed by atoms with Gasteiger partial charge in [0.05, 0.1) is 29.8 Å². The summed E-state index contributed by atoms with van der Waals surface area (Å²) in [7, 11) is 0. The van der Waals surface area contributed by atoms with E-state index in [1.807, 2.05) is 20.8 Å². The zero-order chi connectivity index (χ0) is 19.3. The predicted molar refractivity (Wildman–Crippen MR) is 97.4 cm³/mol. The highest BCUT2D eigenvalue weighted by atomic mass is 32.2. The number of amides is 2. The minimum absolute atomic E-state index is 0.0518. The Balaban J connectivity index is 2.03. The summed E-state index contributed by atoms with van der Waals surface area (Å²) in [5.41, 5.74) is 0. The average Bonchev–Trinajstić information content (AvgIpc) is 3.09. The van der Waals surface area contributed by atoms with Crippen molar-refractivity contribution in [3.63, 3.8) is 0 Å². The van der Waals surface area contributed by atoms with Crippen molar-refractivity contribution in [1.29, 1.82) is 0 Å². The fraction of sp³-hybridized carbons (Fsp3) is 0.833. The second-order valence-corrected chi connectivity index (χ2v) is 9.79. The number of hydrogen-bond acceptors (Lipinski definition) is 6. The summed E-state index contributed by atoms with van der Waals surface area (Å²) < 4.78 is 4.26. The molecule has 3 heterocycles. The van der Waals surface area contributed by atoms with E-state index >= 15 is 0 Å². The number of esters is 1. The van der Waals surface area contributed by atoms with Crippen LogP contribution in [-0.2, 0) is 19.1 Å². The number of nitrogens with one attached hydrogen (secondary N) is 1. The lowest BCUT2D eigenvalue weighted by atomic mass is 9.66. The first kappa shape index (κ1) is 19.5. The Morgan fingerprint density at radius 2 is 2.12 bits per heavy atom. The maximum atomic E-state index is 13.2. The van der Waals surface area contributed by atoms with Crippen molar-refractivity contribution in [2.45, 2.75) is 62.1 Å². The third-order valence-corrected chi connectivity index (χ3v) is 7.82. The van der Waals surface area contributed by atoms with Crippen molar-refractivity contribution >= 4 is 29.5 Å². The molecule has 0 radical (unpaired) electrons. The summed E-state index contributed by atoms with van der Waals surface area (Å²) in [6.45, 7) is 7.66. The molecule has 5 atom stereocenters. The molecule has 3 saturated heterocycles. The van der Waals surface area contributed by atoms with Crippen LogP contribution in [-0.4, -0.2) is 69.1 Å². The summed E-state index contributed by atoms with van der Waals surface area (Å²) in [6.07, 6.45) is 1.47. The Hall–Kier alpha value is -1.28. The van der Waals surface area contributed by atoms with Crippen LogP contribution in [0.25, 0.3) is 0 Å². The summed E-state index contributed by atoms with van der Waals surface area (Å²) in [5.74, 6) is -1.88. The minimum Gasteiger partial charge on any atom is -0.466 e. The summed E-state index contributed by atoms with van der Waals surface area (Å²) in [6, 6.07) is -0.718. The van der Waals surface area contributed by atoms with Crippen LogP contribution in [0.4, 0.5) is 0 Å². The number of carbonyl (C=O) groups excluding carboxylic acids is 3. The molecule has 3 fully saturated rings. The monoisotopic (exact) mass is 384 g/mol. The van der Waals surface area contributed by atoms with E-state index in [-0.39, 0.29) is 43.6 Å². The van der Waals surface area contributed by atoms with Crippen molar-refractivity contribution in [2.75, 3.05) is 19.8 Å². The summed E-state index contributed by atoms with van der Waals surface area (Å²) in [4.78, 5) is 40.4. The third-order valence-electron chi connectivity index (χ3n) is 5.84. The van der Waals surface area contributed by atoms with Crippen LogP contribution in [0, 0.1) is 11.8 Å². The van der Waals surface area contributed by atoms with Gasteiger partial charge in [-0.05, 0) is 40.5 Å². The molecule has 2 N–H and O–H groups in total. The van der Waals surface area contributed by atoms with E-state index in [4.69, 9.17) is 4.74 Å². The topological polar surface area (TPSA) is 95.9 Å². The lowest BCUT2D eigenvalue weighted by molar-refractivity contribution is -0.155. The summed E-state index contributed by atoms with van der Waals surface area (Å²) >= 11 is 1.61.